The maximum absolute atomic E-state index is 10.8. The van der Waals surface area contributed by atoms with E-state index in [1.165, 1.54) is 0 Å². The summed E-state index contributed by atoms with van der Waals surface area (Å²) in [6.45, 7) is 4.17. The molecule has 0 saturated carbocycles. The molecule has 0 aliphatic rings. The van der Waals surface area contributed by atoms with E-state index in [-0.39, 0.29) is 5.75 Å². The van der Waals surface area contributed by atoms with Crippen molar-refractivity contribution in [2.45, 2.75) is 26.7 Å². The van der Waals surface area contributed by atoms with Crippen LogP contribution in [0.25, 0.3) is 0 Å². The summed E-state index contributed by atoms with van der Waals surface area (Å²) >= 11 is 0. The molecular weight excluding hydrogens is 150 g/mol. The number of nitrogens with zero attached hydrogens (tertiary/aromatic N) is 1. The topological polar surface area (TPSA) is 48.2 Å². The normalized spacial score (nSPS) is 11.8. The Morgan fingerprint density at radius 1 is 1.20 bits per heavy atom. The van der Waals surface area contributed by atoms with Gasteiger partial charge in [0.05, 0.1) is 5.75 Å². The lowest BCUT2D eigenvalue weighted by Crippen LogP contribution is -2.19. The lowest BCUT2D eigenvalue weighted by atomic mass is 10.5. The molecule has 4 heteroatoms. The van der Waals surface area contributed by atoms with E-state index in [9.17, 15) is 8.42 Å². The lowest BCUT2D eigenvalue weighted by molar-refractivity contribution is 0.578. The highest BCUT2D eigenvalue weighted by Crippen LogP contribution is 1.90. The van der Waals surface area contributed by atoms with Gasteiger partial charge in [-0.25, -0.2) is 8.42 Å². The molecule has 1 radical (unpaired) electrons. The van der Waals surface area contributed by atoms with E-state index in [1.807, 2.05) is 13.8 Å². The molecule has 0 unspecified atom stereocenters. The van der Waals surface area contributed by atoms with Crippen molar-refractivity contribution in [2.75, 3.05) is 12.3 Å². The van der Waals surface area contributed by atoms with Gasteiger partial charge in [0.15, 0.2) is 0 Å². The Morgan fingerprint density at radius 3 is 2.20 bits per heavy atom. The van der Waals surface area contributed by atoms with Gasteiger partial charge in [0.25, 0.3) is 0 Å². The Bertz CT molecular complexity index is 163. The van der Waals surface area contributed by atoms with Crippen LogP contribution in [0.1, 0.15) is 26.7 Å². The molecule has 3 nitrogen and oxygen atoms in total. The van der Waals surface area contributed by atoms with Crippen molar-refractivity contribution in [3.05, 3.63) is 0 Å². The van der Waals surface area contributed by atoms with Crippen LogP contribution in [-0.4, -0.2) is 20.7 Å². The molecule has 10 heavy (non-hydrogen) atoms. The number of rotatable bonds is 5. The summed E-state index contributed by atoms with van der Waals surface area (Å²) in [6.07, 6.45) is 1.44. The number of hydrogen-bond acceptors (Lipinski definition) is 2. The largest absolute Gasteiger partial charge is 0.227 e. The average Bonchev–Trinajstić information content (AvgIpc) is 1.84. The minimum atomic E-state index is -3.07. The van der Waals surface area contributed by atoms with Gasteiger partial charge in [0.2, 0.25) is 10.0 Å². The van der Waals surface area contributed by atoms with Gasteiger partial charge < -0.3 is 0 Å². The SMILES string of the molecule is CCC[N]S(=O)(=O)CCC. The van der Waals surface area contributed by atoms with Crippen molar-refractivity contribution in [3.8, 4) is 0 Å². The molecule has 0 bridgehead atoms. The van der Waals surface area contributed by atoms with Crippen LogP contribution in [0.4, 0.5) is 0 Å². The van der Waals surface area contributed by atoms with Gasteiger partial charge in [-0.2, -0.15) is 0 Å². The molecule has 0 atom stereocenters. The van der Waals surface area contributed by atoms with Crippen LogP contribution < -0.4 is 4.72 Å². The molecule has 0 heterocycles. The molecule has 0 saturated heterocycles. The Kier molecular flexibility index (Phi) is 4.64. The third-order valence-electron chi connectivity index (χ3n) is 0.974. The van der Waals surface area contributed by atoms with Gasteiger partial charge in [0, 0.05) is 6.54 Å². The zero-order chi connectivity index (χ0) is 8.04. The van der Waals surface area contributed by atoms with Crippen molar-refractivity contribution >= 4 is 10.0 Å². The van der Waals surface area contributed by atoms with Gasteiger partial charge in [-0.15, -0.1) is 4.72 Å². The van der Waals surface area contributed by atoms with E-state index < -0.39 is 10.0 Å². The van der Waals surface area contributed by atoms with Crippen LogP contribution >= 0.6 is 0 Å². The van der Waals surface area contributed by atoms with Crippen LogP contribution in [0.5, 0.6) is 0 Å². The second kappa shape index (κ2) is 4.68. The summed E-state index contributed by atoms with van der Waals surface area (Å²) < 4.78 is 25.2. The highest BCUT2D eigenvalue weighted by Gasteiger charge is 2.07. The van der Waals surface area contributed by atoms with Gasteiger partial charge >= 0.3 is 0 Å². The van der Waals surface area contributed by atoms with Crippen molar-refractivity contribution < 1.29 is 8.42 Å². The summed E-state index contributed by atoms with van der Waals surface area (Å²) in [5.74, 6) is 0.187. The van der Waals surface area contributed by atoms with Gasteiger partial charge in [-0.05, 0) is 12.8 Å². The Morgan fingerprint density at radius 2 is 1.80 bits per heavy atom. The van der Waals surface area contributed by atoms with E-state index in [4.69, 9.17) is 0 Å². The molecule has 0 aromatic heterocycles. The Labute approximate surface area is 62.9 Å². The zero-order valence-corrected chi connectivity index (χ0v) is 7.32. The quantitative estimate of drug-likeness (QED) is 0.601. The molecule has 0 rings (SSSR count). The fourth-order valence-electron chi connectivity index (χ4n) is 0.553. The van der Waals surface area contributed by atoms with Crippen molar-refractivity contribution in [1.29, 1.82) is 0 Å². The summed E-state index contributed by atoms with van der Waals surface area (Å²) in [7, 11) is -3.07. The minimum Gasteiger partial charge on any atom is -0.211 e. The van der Waals surface area contributed by atoms with E-state index in [0.717, 1.165) is 6.42 Å². The van der Waals surface area contributed by atoms with Crippen LogP contribution in [0.15, 0.2) is 0 Å². The predicted molar refractivity (Wildman–Crippen MR) is 41.4 cm³/mol. The third kappa shape index (κ3) is 4.76. The molecule has 0 aromatic carbocycles. The molecular formula is C6H14NO2S. The summed E-state index contributed by atoms with van der Waals surface area (Å²) in [5.41, 5.74) is 0. The van der Waals surface area contributed by atoms with Crippen molar-refractivity contribution in [3.63, 3.8) is 0 Å². The summed E-state index contributed by atoms with van der Waals surface area (Å²) in [6, 6.07) is 0. The first-order valence-electron chi connectivity index (χ1n) is 3.54. The molecule has 0 aromatic rings. The molecule has 0 amide bonds. The smallest absolute Gasteiger partial charge is 0.211 e. The van der Waals surface area contributed by atoms with Crippen LogP contribution in [0.2, 0.25) is 0 Å². The second-order valence-corrected chi connectivity index (χ2v) is 3.97. The molecule has 61 valence electrons. The fraction of sp³-hybridized carbons (Fsp3) is 1.00. The lowest BCUT2D eigenvalue weighted by Gasteiger charge is -1.98. The zero-order valence-electron chi connectivity index (χ0n) is 6.50. The highest BCUT2D eigenvalue weighted by molar-refractivity contribution is 7.89. The summed E-state index contributed by atoms with van der Waals surface area (Å²) in [4.78, 5) is 0. The number of hydrogen-bond donors (Lipinski definition) is 0. The first kappa shape index (κ1) is 9.91. The molecule has 0 aliphatic carbocycles. The first-order chi connectivity index (χ1) is 4.62. The predicted octanol–water partition coefficient (Wildman–Crippen LogP) is 0.741. The van der Waals surface area contributed by atoms with Crippen LogP contribution in [0.3, 0.4) is 0 Å². The van der Waals surface area contributed by atoms with Crippen molar-refractivity contribution in [2.24, 2.45) is 0 Å². The monoisotopic (exact) mass is 164 g/mol. The van der Waals surface area contributed by atoms with Crippen molar-refractivity contribution in [1.82, 2.24) is 4.72 Å². The standard InChI is InChI=1S/C6H14NO2S/c1-3-5-7-10(8,9)6-4-2/h3-6H2,1-2H3. The average molecular weight is 164 g/mol. The Balaban J connectivity index is 3.65. The molecule has 0 N–H and O–H groups in total. The van der Waals surface area contributed by atoms with E-state index in [2.05, 4.69) is 4.72 Å². The van der Waals surface area contributed by atoms with Gasteiger partial charge in [-0.1, -0.05) is 13.8 Å². The van der Waals surface area contributed by atoms with Gasteiger partial charge in [0.1, 0.15) is 0 Å². The maximum Gasteiger partial charge on any atom is 0.227 e. The minimum absolute atomic E-state index is 0.187. The van der Waals surface area contributed by atoms with Crippen LogP contribution in [-0.2, 0) is 10.0 Å². The third-order valence-corrected chi connectivity index (χ3v) is 2.47. The molecule has 0 fully saturated rings. The van der Waals surface area contributed by atoms with E-state index in [1.54, 1.807) is 0 Å². The van der Waals surface area contributed by atoms with E-state index in [0.29, 0.717) is 13.0 Å². The van der Waals surface area contributed by atoms with Gasteiger partial charge in [-0.3, -0.25) is 0 Å². The maximum atomic E-state index is 10.8. The summed E-state index contributed by atoms with van der Waals surface area (Å²) in [5, 5.41) is 0. The molecule has 0 aliphatic heterocycles. The van der Waals surface area contributed by atoms with Crippen LogP contribution in [0, 0.1) is 0 Å². The second-order valence-electron chi connectivity index (χ2n) is 2.14. The Hall–Kier alpha value is -0.0900. The molecule has 0 spiro atoms. The first-order valence-corrected chi connectivity index (χ1v) is 5.14. The highest BCUT2D eigenvalue weighted by atomic mass is 32.2. The number of sulfonamides is 1. The fourth-order valence-corrected chi connectivity index (χ4v) is 1.66. The van der Waals surface area contributed by atoms with E-state index >= 15 is 0 Å².